The number of H-pyrrole nitrogens is 1. The van der Waals surface area contributed by atoms with Crippen molar-refractivity contribution in [1.29, 1.82) is 0 Å². The van der Waals surface area contributed by atoms with Crippen molar-refractivity contribution in [2.24, 2.45) is 5.73 Å². The topological polar surface area (TPSA) is 80.1 Å². The molecule has 0 unspecified atom stereocenters. The van der Waals surface area contributed by atoms with Crippen molar-refractivity contribution >= 4 is 0 Å². The minimum Gasteiger partial charge on any atom is -0.457 e. The Balaban J connectivity index is 1.33. The van der Waals surface area contributed by atoms with Crippen LogP contribution in [0.4, 0.5) is 0 Å². The van der Waals surface area contributed by atoms with Crippen LogP contribution in [0.15, 0.2) is 54.6 Å². The van der Waals surface area contributed by atoms with E-state index in [4.69, 9.17) is 10.5 Å². The Morgan fingerprint density at radius 2 is 1.81 bits per heavy atom. The summed E-state index contributed by atoms with van der Waals surface area (Å²) in [5.41, 5.74) is 6.88. The molecule has 1 fully saturated rings. The molecule has 140 valence electrons. The molecule has 3 N–H and O–H groups in total. The first-order chi connectivity index (χ1) is 13.3. The van der Waals surface area contributed by atoms with Gasteiger partial charge in [-0.2, -0.15) is 5.10 Å². The molecule has 2 aromatic carbocycles. The van der Waals surface area contributed by atoms with E-state index in [9.17, 15) is 0 Å². The second kappa shape index (κ2) is 8.33. The summed E-state index contributed by atoms with van der Waals surface area (Å²) in [5.74, 6) is 3.84. The smallest absolute Gasteiger partial charge is 0.153 e. The molecule has 0 aliphatic carbocycles. The number of hydrogen-bond acceptors (Lipinski definition) is 5. The quantitative estimate of drug-likeness (QED) is 0.701. The highest BCUT2D eigenvalue weighted by atomic mass is 16.5. The first kappa shape index (κ1) is 17.7. The molecule has 27 heavy (non-hydrogen) atoms. The second-order valence-electron chi connectivity index (χ2n) is 6.96. The number of aromatic amines is 1. The van der Waals surface area contributed by atoms with Crippen LogP contribution in [-0.2, 0) is 13.1 Å². The molecular weight excluding hydrogens is 338 g/mol. The Morgan fingerprint density at radius 1 is 1.04 bits per heavy atom. The third-order valence-corrected chi connectivity index (χ3v) is 4.98. The van der Waals surface area contributed by atoms with Gasteiger partial charge in [-0.3, -0.25) is 10.00 Å². The van der Waals surface area contributed by atoms with Gasteiger partial charge in [-0.05, 0) is 55.8 Å². The summed E-state index contributed by atoms with van der Waals surface area (Å²) in [6.45, 7) is 3.43. The van der Waals surface area contributed by atoms with E-state index < -0.39 is 0 Å². The number of para-hydroxylation sites is 1. The number of nitrogens with two attached hydrogens (primary N) is 1. The van der Waals surface area contributed by atoms with E-state index in [0.717, 1.165) is 55.6 Å². The lowest BCUT2D eigenvalue weighted by molar-refractivity contribution is 0.201. The highest BCUT2D eigenvalue weighted by molar-refractivity contribution is 5.33. The van der Waals surface area contributed by atoms with Gasteiger partial charge in [-0.1, -0.05) is 30.3 Å². The van der Waals surface area contributed by atoms with Crippen LogP contribution >= 0.6 is 0 Å². The molecule has 3 aromatic rings. The third-order valence-electron chi connectivity index (χ3n) is 4.98. The van der Waals surface area contributed by atoms with E-state index in [0.29, 0.717) is 12.5 Å². The van der Waals surface area contributed by atoms with E-state index in [1.54, 1.807) is 0 Å². The molecule has 6 heteroatoms. The molecule has 0 bridgehead atoms. The maximum absolute atomic E-state index is 5.95. The predicted molar refractivity (Wildman–Crippen MR) is 104 cm³/mol. The molecule has 1 aliphatic rings. The molecule has 0 radical (unpaired) electrons. The second-order valence-corrected chi connectivity index (χ2v) is 6.96. The Labute approximate surface area is 159 Å². The van der Waals surface area contributed by atoms with Gasteiger partial charge in [0.15, 0.2) is 5.82 Å². The van der Waals surface area contributed by atoms with Crippen LogP contribution in [0.5, 0.6) is 11.5 Å². The van der Waals surface area contributed by atoms with Gasteiger partial charge in [-0.25, -0.2) is 4.98 Å². The Bertz CT molecular complexity index is 856. The van der Waals surface area contributed by atoms with Gasteiger partial charge in [0.05, 0.1) is 6.54 Å². The number of piperidine rings is 1. The first-order valence-electron chi connectivity index (χ1n) is 9.45. The van der Waals surface area contributed by atoms with Crippen molar-refractivity contribution in [3.63, 3.8) is 0 Å². The zero-order chi connectivity index (χ0) is 18.5. The SMILES string of the molecule is NCc1nc(C2CCN(Cc3cccc(Oc4ccccc4)c3)CC2)n[nH]1. The number of likely N-dealkylation sites (tertiary alicyclic amines) is 1. The largest absolute Gasteiger partial charge is 0.457 e. The summed E-state index contributed by atoms with van der Waals surface area (Å²) >= 11 is 0. The molecule has 1 aromatic heterocycles. The highest BCUT2D eigenvalue weighted by Gasteiger charge is 2.23. The predicted octanol–water partition coefficient (Wildman–Crippen LogP) is 3.44. The summed E-state index contributed by atoms with van der Waals surface area (Å²) in [7, 11) is 0. The van der Waals surface area contributed by atoms with Crippen LogP contribution in [0.3, 0.4) is 0 Å². The van der Waals surface area contributed by atoms with Crippen molar-refractivity contribution in [1.82, 2.24) is 20.1 Å². The van der Waals surface area contributed by atoms with Crippen molar-refractivity contribution in [2.45, 2.75) is 31.8 Å². The molecule has 1 aliphatic heterocycles. The average molecular weight is 363 g/mol. The van der Waals surface area contributed by atoms with Gasteiger partial charge in [0, 0.05) is 12.5 Å². The van der Waals surface area contributed by atoms with Gasteiger partial charge >= 0.3 is 0 Å². The summed E-state index contributed by atoms with van der Waals surface area (Å²) < 4.78 is 5.95. The number of nitrogens with one attached hydrogen (secondary N) is 1. The fraction of sp³-hybridized carbons (Fsp3) is 0.333. The number of ether oxygens (including phenoxy) is 1. The van der Waals surface area contributed by atoms with E-state index >= 15 is 0 Å². The maximum Gasteiger partial charge on any atom is 0.153 e. The fourth-order valence-corrected chi connectivity index (χ4v) is 3.52. The van der Waals surface area contributed by atoms with Crippen LogP contribution < -0.4 is 10.5 Å². The Kier molecular flexibility index (Phi) is 5.46. The number of aromatic nitrogens is 3. The summed E-state index contributed by atoms with van der Waals surface area (Å²) in [4.78, 5) is 6.97. The average Bonchev–Trinajstić information content (AvgIpc) is 3.19. The minimum atomic E-state index is 0.410. The van der Waals surface area contributed by atoms with Crippen molar-refractivity contribution in [3.8, 4) is 11.5 Å². The summed E-state index contributed by atoms with van der Waals surface area (Å²) in [6, 6.07) is 18.2. The number of benzene rings is 2. The normalized spacial score (nSPS) is 15.7. The van der Waals surface area contributed by atoms with Crippen LogP contribution in [-0.4, -0.2) is 33.2 Å². The van der Waals surface area contributed by atoms with Crippen molar-refractivity contribution in [3.05, 3.63) is 71.8 Å². The number of hydrogen-bond donors (Lipinski definition) is 2. The summed E-state index contributed by atoms with van der Waals surface area (Å²) in [5, 5.41) is 7.24. The number of nitrogens with zero attached hydrogens (tertiary/aromatic N) is 3. The van der Waals surface area contributed by atoms with E-state index in [1.807, 2.05) is 36.4 Å². The van der Waals surface area contributed by atoms with Gasteiger partial charge in [-0.15, -0.1) is 0 Å². The van der Waals surface area contributed by atoms with Gasteiger partial charge < -0.3 is 10.5 Å². The molecule has 0 amide bonds. The minimum absolute atomic E-state index is 0.410. The van der Waals surface area contributed by atoms with Gasteiger partial charge in [0.25, 0.3) is 0 Å². The zero-order valence-electron chi connectivity index (χ0n) is 15.3. The summed E-state index contributed by atoms with van der Waals surface area (Å²) in [6.07, 6.45) is 2.14. The van der Waals surface area contributed by atoms with E-state index in [-0.39, 0.29) is 0 Å². The van der Waals surface area contributed by atoms with Gasteiger partial charge in [0.2, 0.25) is 0 Å². The van der Waals surface area contributed by atoms with Crippen LogP contribution in [0.1, 0.15) is 36.0 Å². The van der Waals surface area contributed by atoms with Crippen molar-refractivity contribution < 1.29 is 4.74 Å². The standard InChI is InChI=1S/C21H25N5O/c22-14-20-23-21(25-24-20)17-9-11-26(12-10-17)15-16-5-4-8-19(13-16)27-18-6-2-1-3-7-18/h1-8,13,17H,9-12,14-15,22H2,(H,23,24,25). The highest BCUT2D eigenvalue weighted by Crippen LogP contribution is 2.27. The van der Waals surface area contributed by atoms with Crippen LogP contribution in [0.2, 0.25) is 0 Å². The molecule has 1 saturated heterocycles. The van der Waals surface area contributed by atoms with E-state index in [1.165, 1.54) is 5.56 Å². The lowest BCUT2D eigenvalue weighted by Crippen LogP contribution is -2.32. The number of rotatable bonds is 6. The third kappa shape index (κ3) is 4.53. The zero-order valence-corrected chi connectivity index (χ0v) is 15.3. The molecule has 0 atom stereocenters. The lowest BCUT2D eigenvalue weighted by atomic mass is 9.96. The lowest BCUT2D eigenvalue weighted by Gasteiger charge is -2.30. The monoisotopic (exact) mass is 363 g/mol. The maximum atomic E-state index is 5.95. The Hall–Kier alpha value is -2.70. The molecule has 6 nitrogen and oxygen atoms in total. The molecule has 2 heterocycles. The van der Waals surface area contributed by atoms with E-state index in [2.05, 4.69) is 38.3 Å². The molecule has 4 rings (SSSR count). The van der Waals surface area contributed by atoms with Crippen LogP contribution in [0.25, 0.3) is 0 Å². The van der Waals surface area contributed by atoms with Gasteiger partial charge in [0.1, 0.15) is 17.3 Å². The Morgan fingerprint density at radius 3 is 2.56 bits per heavy atom. The molecule has 0 spiro atoms. The first-order valence-corrected chi connectivity index (χ1v) is 9.45. The molecular formula is C21H25N5O. The van der Waals surface area contributed by atoms with Crippen molar-refractivity contribution in [2.75, 3.05) is 13.1 Å². The van der Waals surface area contributed by atoms with Crippen LogP contribution in [0, 0.1) is 0 Å². The molecule has 0 saturated carbocycles. The fourth-order valence-electron chi connectivity index (χ4n) is 3.52.